The van der Waals surface area contributed by atoms with Crippen molar-refractivity contribution in [3.63, 3.8) is 0 Å². The lowest BCUT2D eigenvalue weighted by Crippen LogP contribution is -2.43. The number of aliphatic hydroxyl groups excluding tert-OH is 1. The molecule has 0 aromatic carbocycles. The van der Waals surface area contributed by atoms with Gasteiger partial charge >= 0.3 is 0 Å². The van der Waals surface area contributed by atoms with E-state index in [9.17, 15) is 5.11 Å². The Labute approximate surface area is 104 Å². The van der Waals surface area contributed by atoms with Crippen molar-refractivity contribution >= 4 is 8.32 Å². The third-order valence-electron chi connectivity index (χ3n) is 3.31. The topological polar surface area (TPSA) is 60.2 Å². The predicted molar refractivity (Wildman–Crippen MR) is 69.2 cm³/mol. The number of hydrogen-bond donors (Lipinski definition) is 1. The highest BCUT2D eigenvalue weighted by atomic mass is 28.4. The van der Waals surface area contributed by atoms with Crippen LogP contribution in [0.4, 0.5) is 0 Å². The first-order chi connectivity index (χ1) is 7.72. The molecule has 0 aliphatic carbocycles. The molecule has 0 fully saturated rings. The summed E-state index contributed by atoms with van der Waals surface area (Å²) in [4.78, 5) is 3.83. The zero-order chi connectivity index (χ0) is 13.1. The van der Waals surface area contributed by atoms with Gasteiger partial charge in [-0.25, -0.2) is 4.98 Å². The van der Waals surface area contributed by atoms with Crippen LogP contribution in [0.1, 0.15) is 20.8 Å². The third-order valence-corrected chi connectivity index (χ3v) is 7.81. The van der Waals surface area contributed by atoms with Crippen LogP contribution in [0.5, 0.6) is 0 Å². The molecule has 0 bridgehead atoms. The molecule has 0 saturated carbocycles. The van der Waals surface area contributed by atoms with Crippen molar-refractivity contribution in [2.75, 3.05) is 6.61 Å². The lowest BCUT2D eigenvalue weighted by molar-refractivity contribution is 0.0827. The van der Waals surface area contributed by atoms with E-state index in [0.29, 0.717) is 13.2 Å². The molecule has 1 rings (SSSR count). The van der Waals surface area contributed by atoms with Gasteiger partial charge in [-0.15, -0.1) is 0 Å². The molecule has 0 spiro atoms. The number of aliphatic hydroxyl groups is 1. The number of rotatable bonds is 5. The maximum absolute atomic E-state index is 9.86. The van der Waals surface area contributed by atoms with Gasteiger partial charge in [-0.2, -0.15) is 5.10 Å². The second kappa shape index (κ2) is 5.28. The molecule has 0 radical (unpaired) electrons. The maximum Gasteiger partial charge on any atom is 0.192 e. The molecule has 1 atom stereocenters. The van der Waals surface area contributed by atoms with E-state index in [1.807, 2.05) is 0 Å². The van der Waals surface area contributed by atoms with Crippen LogP contribution in [0.3, 0.4) is 0 Å². The molecule has 0 aliphatic heterocycles. The zero-order valence-corrected chi connectivity index (χ0v) is 12.3. The number of hydrogen-bond acceptors (Lipinski definition) is 4. The fourth-order valence-corrected chi connectivity index (χ4v) is 2.16. The molecule has 1 aromatic heterocycles. The number of aromatic nitrogens is 3. The molecule has 1 N–H and O–H groups in total. The standard InChI is InChI=1S/C11H23N3O2Si/c1-11(2,3)17(4,5)16-7-10(15)6-14-9-12-8-13-14/h8-10,15H,6-7H2,1-5H3. The minimum atomic E-state index is -1.77. The van der Waals surface area contributed by atoms with Crippen LogP contribution in [0.15, 0.2) is 12.7 Å². The quantitative estimate of drug-likeness (QED) is 0.815. The summed E-state index contributed by atoms with van der Waals surface area (Å²) in [5.41, 5.74) is 0. The minimum absolute atomic E-state index is 0.167. The van der Waals surface area contributed by atoms with Crippen molar-refractivity contribution in [2.45, 2.75) is 51.6 Å². The van der Waals surface area contributed by atoms with E-state index in [1.165, 1.54) is 6.33 Å². The molecule has 98 valence electrons. The van der Waals surface area contributed by atoms with Gasteiger partial charge in [0, 0.05) is 0 Å². The van der Waals surface area contributed by atoms with Gasteiger partial charge in [0.1, 0.15) is 12.7 Å². The SMILES string of the molecule is CC(C)(C)[Si](C)(C)OCC(O)Cn1cncn1. The van der Waals surface area contributed by atoms with Crippen molar-refractivity contribution < 1.29 is 9.53 Å². The zero-order valence-electron chi connectivity index (χ0n) is 11.3. The van der Waals surface area contributed by atoms with Crippen molar-refractivity contribution in [1.29, 1.82) is 0 Å². The van der Waals surface area contributed by atoms with Crippen LogP contribution < -0.4 is 0 Å². The minimum Gasteiger partial charge on any atom is -0.414 e. The van der Waals surface area contributed by atoms with Crippen LogP contribution in [0.2, 0.25) is 18.1 Å². The second-order valence-corrected chi connectivity index (χ2v) is 10.7. The molecule has 1 aromatic rings. The average Bonchev–Trinajstić information content (AvgIpc) is 2.66. The summed E-state index contributed by atoms with van der Waals surface area (Å²) in [6.45, 7) is 11.7. The predicted octanol–water partition coefficient (Wildman–Crippen LogP) is 1.66. The smallest absolute Gasteiger partial charge is 0.192 e. The summed E-state index contributed by atoms with van der Waals surface area (Å²) in [5, 5.41) is 14.0. The van der Waals surface area contributed by atoms with Gasteiger partial charge in [0.05, 0.1) is 19.3 Å². The molecule has 5 nitrogen and oxygen atoms in total. The highest BCUT2D eigenvalue weighted by Crippen LogP contribution is 2.36. The average molecular weight is 257 g/mol. The van der Waals surface area contributed by atoms with Crippen molar-refractivity contribution in [3.8, 4) is 0 Å². The van der Waals surface area contributed by atoms with Crippen LogP contribution in [-0.2, 0) is 11.0 Å². The monoisotopic (exact) mass is 257 g/mol. The summed E-state index contributed by atoms with van der Waals surface area (Å²) < 4.78 is 7.54. The summed E-state index contributed by atoms with van der Waals surface area (Å²) in [6.07, 6.45) is 2.52. The van der Waals surface area contributed by atoms with E-state index >= 15 is 0 Å². The van der Waals surface area contributed by atoms with Gasteiger partial charge in [-0.1, -0.05) is 20.8 Å². The van der Waals surface area contributed by atoms with E-state index in [4.69, 9.17) is 4.43 Å². The lowest BCUT2D eigenvalue weighted by Gasteiger charge is -2.36. The fraction of sp³-hybridized carbons (Fsp3) is 0.818. The Morgan fingerprint density at radius 2 is 2.06 bits per heavy atom. The first-order valence-electron chi connectivity index (χ1n) is 5.87. The Bertz CT molecular complexity index is 333. The van der Waals surface area contributed by atoms with Gasteiger partial charge in [0.2, 0.25) is 0 Å². The second-order valence-electron chi connectivity index (χ2n) is 5.84. The van der Waals surface area contributed by atoms with Crippen LogP contribution >= 0.6 is 0 Å². The van der Waals surface area contributed by atoms with Crippen molar-refractivity contribution in [3.05, 3.63) is 12.7 Å². The van der Waals surface area contributed by atoms with E-state index < -0.39 is 14.4 Å². The fourth-order valence-electron chi connectivity index (χ4n) is 1.12. The Morgan fingerprint density at radius 3 is 2.53 bits per heavy atom. The lowest BCUT2D eigenvalue weighted by atomic mass is 10.2. The molecule has 6 heteroatoms. The van der Waals surface area contributed by atoms with Crippen molar-refractivity contribution in [1.82, 2.24) is 14.8 Å². The highest BCUT2D eigenvalue weighted by molar-refractivity contribution is 6.74. The number of nitrogens with zero attached hydrogens (tertiary/aromatic N) is 3. The van der Waals surface area contributed by atoms with Crippen LogP contribution in [-0.4, -0.2) is 40.9 Å². The summed E-state index contributed by atoms with van der Waals surface area (Å²) in [7, 11) is -1.77. The summed E-state index contributed by atoms with van der Waals surface area (Å²) >= 11 is 0. The Kier molecular flexibility index (Phi) is 4.46. The summed E-state index contributed by atoms with van der Waals surface area (Å²) in [6, 6.07) is 0. The Morgan fingerprint density at radius 1 is 1.41 bits per heavy atom. The normalized spacial score (nSPS) is 14.9. The third kappa shape index (κ3) is 4.21. The molecule has 0 saturated heterocycles. The molecule has 0 aliphatic rings. The molecule has 1 unspecified atom stereocenters. The molecular formula is C11H23N3O2Si. The van der Waals surface area contributed by atoms with Crippen LogP contribution in [0.25, 0.3) is 0 Å². The van der Waals surface area contributed by atoms with Crippen molar-refractivity contribution in [2.24, 2.45) is 0 Å². The maximum atomic E-state index is 9.86. The van der Waals surface area contributed by atoms with Gasteiger partial charge < -0.3 is 9.53 Å². The highest BCUT2D eigenvalue weighted by Gasteiger charge is 2.37. The van der Waals surface area contributed by atoms with Gasteiger partial charge in [0.25, 0.3) is 0 Å². The van der Waals surface area contributed by atoms with E-state index in [-0.39, 0.29) is 5.04 Å². The van der Waals surface area contributed by atoms with E-state index in [1.54, 1.807) is 11.0 Å². The largest absolute Gasteiger partial charge is 0.414 e. The Balaban J connectivity index is 2.40. The molecule has 17 heavy (non-hydrogen) atoms. The first-order valence-corrected chi connectivity index (χ1v) is 8.77. The first kappa shape index (κ1) is 14.3. The van der Waals surface area contributed by atoms with Gasteiger partial charge in [-0.3, -0.25) is 4.68 Å². The molecular weight excluding hydrogens is 234 g/mol. The van der Waals surface area contributed by atoms with E-state index in [2.05, 4.69) is 43.9 Å². The van der Waals surface area contributed by atoms with E-state index in [0.717, 1.165) is 0 Å². The summed E-state index contributed by atoms with van der Waals surface area (Å²) in [5.74, 6) is 0. The van der Waals surface area contributed by atoms with Gasteiger partial charge in [0.15, 0.2) is 8.32 Å². The Hall–Kier alpha value is -0.723. The van der Waals surface area contributed by atoms with Crippen LogP contribution in [0, 0.1) is 0 Å². The molecule has 0 amide bonds. The molecule has 1 heterocycles. The van der Waals surface area contributed by atoms with Gasteiger partial charge in [-0.05, 0) is 18.1 Å².